The lowest BCUT2D eigenvalue weighted by Gasteiger charge is -2.12. The summed E-state index contributed by atoms with van der Waals surface area (Å²) in [7, 11) is 0. The highest BCUT2D eigenvalue weighted by molar-refractivity contribution is 6.16. The molecule has 0 fully saturated rings. The van der Waals surface area contributed by atoms with Crippen LogP contribution in [0.15, 0.2) is 181 Å². The van der Waals surface area contributed by atoms with Crippen molar-refractivity contribution in [2.75, 3.05) is 0 Å². The van der Waals surface area contributed by atoms with Crippen molar-refractivity contribution in [1.29, 1.82) is 0 Å². The van der Waals surface area contributed by atoms with Gasteiger partial charge in [0, 0.05) is 68.9 Å². The molecule has 0 N–H and O–H groups in total. The highest BCUT2D eigenvalue weighted by Gasteiger charge is 2.24. The number of fused-ring (bicyclic) bond motifs is 4. The molecule has 0 saturated carbocycles. The minimum Gasteiger partial charge on any atom is -0.455 e. The van der Waals surface area contributed by atoms with Gasteiger partial charge in [-0.25, -0.2) is 15.0 Å². The summed E-state index contributed by atoms with van der Waals surface area (Å²) < 4.78 is 6.83. The van der Waals surface area contributed by atoms with Gasteiger partial charge >= 0.3 is 0 Å². The van der Waals surface area contributed by atoms with Gasteiger partial charge in [-0.1, -0.05) is 109 Å². The number of rotatable bonds is 6. The topological polar surface area (TPSA) is 77.6 Å². The Morgan fingerprint density at radius 1 is 0.396 bits per heavy atom. The average Bonchev–Trinajstić information content (AvgIpc) is 3.65. The van der Waals surface area contributed by atoms with Crippen LogP contribution in [0.3, 0.4) is 0 Å². The quantitative estimate of drug-likeness (QED) is 0.174. The second-order valence-electron chi connectivity index (χ2n) is 12.9. The van der Waals surface area contributed by atoms with Gasteiger partial charge in [-0.3, -0.25) is 9.97 Å². The smallest absolute Gasteiger partial charge is 0.160 e. The lowest BCUT2D eigenvalue weighted by molar-refractivity contribution is 0.635. The molecule has 10 rings (SSSR count). The largest absolute Gasteiger partial charge is 0.455 e. The molecule has 0 aliphatic rings. The van der Waals surface area contributed by atoms with E-state index in [1.54, 1.807) is 12.4 Å². The molecule has 5 heterocycles. The number of furan rings is 1. The zero-order chi connectivity index (χ0) is 35.1. The summed E-state index contributed by atoms with van der Waals surface area (Å²) in [5, 5.41) is 2.90. The molecule has 6 heteroatoms. The molecule has 0 unspecified atom stereocenters. The fraction of sp³-hybridized carbons (Fsp3) is 0. The van der Waals surface area contributed by atoms with Gasteiger partial charge < -0.3 is 4.42 Å². The molecule has 0 spiro atoms. The third-order valence-corrected chi connectivity index (χ3v) is 9.66. The average molecular weight is 680 g/mol. The van der Waals surface area contributed by atoms with Crippen molar-refractivity contribution in [3.05, 3.63) is 176 Å². The van der Waals surface area contributed by atoms with Crippen molar-refractivity contribution in [3.63, 3.8) is 0 Å². The molecule has 248 valence electrons. The molecule has 0 atom stereocenters. The van der Waals surface area contributed by atoms with Crippen LogP contribution in [0.1, 0.15) is 0 Å². The molecule has 6 nitrogen and oxygen atoms in total. The van der Waals surface area contributed by atoms with E-state index in [0.717, 1.165) is 94.4 Å². The molecular formula is C47H29N5O. The Hall–Kier alpha value is -7.31. The van der Waals surface area contributed by atoms with Crippen molar-refractivity contribution in [2.24, 2.45) is 0 Å². The SMILES string of the molecule is c1ccc(-c2nc(-c3ccc(-c4cccc(-c5nc6ccccc6c6oc(-c7cccnc7)c(-c7cccnc7)c56)c4)cc3)c3ccccc3n2)cc1. The van der Waals surface area contributed by atoms with E-state index in [1.165, 1.54) is 0 Å². The Kier molecular flexibility index (Phi) is 7.36. The van der Waals surface area contributed by atoms with Gasteiger partial charge in [-0.05, 0) is 53.6 Å². The van der Waals surface area contributed by atoms with E-state index in [0.29, 0.717) is 5.82 Å². The summed E-state index contributed by atoms with van der Waals surface area (Å²) in [5.41, 5.74) is 12.3. The van der Waals surface area contributed by atoms with Crippen molar-refractivity contribution < 1.29 is 4.42 Å². The van der Waals surface area contributed by atoms with Crippen LogP contribution in [0.4, 0.5) is 0 Å². The molecule has 0 saturated heterocycles. The summed E-state index contributed by atoms with van der Waals surface area (Å²) in [6.45, 7) is 0. The van der Waals surface area contributed by atoms with Gasteiger partial charge in [0.05, 0.1) is 27.8 Å². The van der Waals surface area contributed by atoms with Gasteiger partial charge in [-0.2, -0.15) is 0 Å². The van der Waals surface area contributed by atoms with E-state index in [1.807, 2.05) is 97.3 Å². The van der Waals surface area contributed by atoms with E-state index >= 15 is 0 Å². The first kappa shape index (κ1) is 30.5. The minimum atomic E-state index is 0.710. The van der Waals surface area contributed by atoms with Gasteiger partial charge in [0.25, 0.3) is 0 Å². The molecule has 0 aliphatic carbocycles. The zero-order valence-electron chi connectivity index (χ0n) is 28.4. The molecule has 5 aromatic carbocycles. The molecule has 0 bridgehead atoms. The number of hydrogen-bond acceptors (Lipinski definition) is 6. The number of hydrogen-bond donors (Lipinski definition) is 0. The van der Waals surface area contributed by atoms with Gasteiger partial charge in [-0.15, -0.1) is 0 Å². The molecule has 5 aromatic heterocycles. The molecule has 0 radical (unpaired) electrons. The monoisotopic (exact) mass is 679 g/mol. The van der Waals surface area contributed by atoms with Crippen LogP contribution < -0.4 is 0 Å². The van der Waals surface area contributed by atoms with E-state index in [2.05, 4.69) is 76.7 Å². The number of aromatic nitrogens is 5. The maximum Gasteiger partial charge on any atom is 0.160 e. The lowest BCUT2D eigenvalue weighted by Crippen LogP contribution is -1.95. The Labute approximate surface area is 305 Å². The number of benzene rings is 5. The summed E-state index contributed by atoms with van der Waals surface area (Å²) in [5.74, 6) is 1.45. The van der Waals surface area contributed by atoms with Crippen LogP contribution in [0.25, 0.3) is 100 Å². The van der Waals surface area contributed by atoms with Crippen LogP contribution >= 0.6 is 0 Å². The Morgan fingerprint density at radius 2 is 1.02 bits per heavy atom. The zero-order valence-corrected chi connectivity index (χ0v) is 28.4. The predicted molar refractivity (Wildman–Crippen MR) is 213 cm³/mol. The van der Waals surface area contributed by atoms with E-state index in [9.17, 15) is 0 Å². The number of pyridine rings is 3. The lowest BCUT2D eigenvalue weighted by atomic mass is 9.94. The third-order valence-electron chi connectivity index (χ3n) is 9.66. The van der Waals surface area contributed by atoms with Crippen LogP contribution in [0, 0.1) is 0 Å². The predicted octanol–water partition coefficient (Wildman–Crippen LogP) is 11.7. The van der Waals surface area contributed by atoms with Crippen molar-refractivity contribution in [2.45, 2.75) is 0 Å². The first-order valence-corrected chi connectivity index (χ1v) is 17.5. The molecule has 0 aliphatic heterocycles. The summed E-state index contributed by atoms with van der Waals surface area (Å²) in [6, 6.07) is 51.6. The second-order valence-corrected chi connectivity index (χ2v) is 12.9. The highest BCUT2D eigenvalue weighted by atomic mass is 16.3. The fourth-order valence-electron chi connectivity index (χ4n) is 7.16. The number of para-hydroxylation sites is 2. The maximum absolute atomic E-state index is 6.83. The second kappa shape index (κ2) is 12.8. The van der Waals surface area contributed by atoms with Crippen LogP contribution in [0.5, 0.6) is 0 Å². The van der Waals surface area contributed by atoms with Crippen LogP contribution in [0.2, 0.25) is 0 Å². The van der Waals surface area contributed by atoms with Crippen LogP contribution in [-0.2, 0) is 0 Å². The van der Waals surface area contributed by atoms with E-state index in [4.69, 9.17) is 19.4 Å². The van der Waals surface area contributed by atoms with Crippen molar-refractivity contribution in [1.82, 2.24) is 24.9 Å². The van der Waals surface area contributed by atoms with Gasteiger partial charge in [0.2, 0.25) is 0 Å². The Morgan fingerprint density at radius 3 is 1.77 bits per heavy atom. The standard InChI is InChI=1S/C47H29N5O/c1-2-11-32(12-3-1)47-51-39-19-6-4-17-37(39)43(52-47)31-23-21-30(22-24-31)33-13-8-14-34(27-33)44-42-41(35-15-9-25-48-28-35)45(36-16-10-26-49-29-36)53-46(42)38-18-5-7-20-40(38)50-44/h1-29H. The maximum atomic E-state index is 6.83. The number of nitrogens with zero attached hydrogens (tertiary/aromatic N) is 5. The van der Waals surface area contributed by atoms with Gasteiger partial charge in [0.15, 0.2) is 5.82 Å². The fourth-order valence-corrected chi connectivity index (χ4v) is 7.16. The van der Waals surface area contributed by atoms with Crippen molar-refractivity contribution in [3.8, 4) is 67.5 Å². The molecular weight excluding hydrogens is 651 g/mol. The van der Waals surface area contributed by atoms with Crippen molar-refractivity contribution >= 4 is 32.8 Å². The highest BCUT2D eigenvalue weighted by Crippen LogP contribution is 2.46. The molecule has 53 heavy (non-hydrogen) atoms. The first-order valence-electron chi connectivity index (χ1n) is 17.5. The Balaban J connectivity index is 1.12. The van der Waals surface area contributed by atoms with Gasteiger partial charge in [0.1, 0.15) is 11.3 Å². The third kappa shape index (κ3) is 5.41. The summed E-state index contributed by atoms with van der Waals surface area (Å²) >= 11 is 0. The first-order chi connectivity index (χ1) is 26.3. The minimum absolute atomic E-state index is 0.710. The summed E-state index contributed by atoms with van der Waals surface area (Å²) in [4.78, 5) is 24.2. The van der Waals surface area contributed by atoms with Crippen LogP contribution in [-0.4, -0.2) is 24.9 Å². The molecule has 10 aromatic rings. The summed E-state index contributed by atoms with van der Waals surface area (Å²) in [6.07, 6.45) is 7.27. The van der Waals surface area contributed by atoms with E-state index in [-0.39, 0.29) is 0 Å². The normalized spacial score (nSPS) is 11.4. The van der Waals surface area contributed by atoms with E-state index < -0.39 is 0 Å². The molecule has 0 amide bonds. The Bertz CT molecular complexity index is 2930.